The van der Waals surface area contributed by atoms with Gasteiger partial charge in [-0.25, -0.2) is 0 Å². The van der Waals surface area contributed by atoms with E-state index in [-0.39, 0.29) is 0 Å². The maximum Gasteiger partial charge on any atom is 0.0120 e. The van der Waals surface area contributed by atoms with Crippen molar-refractivity contribution >= 4 is 0 Å². The number of rotatable bonds is 2. The number of likely N-dealkylation sites (tertiary alicyclic amines) is 1. The van der Waals surface area contributed by atoms with E-state index in [1.54, 1.807) is 0 Å². The highest BCUT2D eigenvalue weighted by Crippen LogP contribution is 2.31. The molecule has 2 nitrogen and oxygen atoms in total. The van der Waals surface area contributed by atoms with E-state index in [0.29, 0.717) is 0 Å². The van der Waals surface area contributed by atoms with Crippen LogP contribution in [0.3, 0.4) is 0 Å². The van der Waals surface area contributed by atoms with E-state index < -0.39 is 0 Å². The molecular formula is C13H26N2. The van der Waals surface area contributed by atoms with Crippen LogP contribution in [0.25, 0.3) is 0 Å². The molecule has 0 aliphatic carbocycles. The van der Waals surface area contributed by atoms with Crippen molar-refractivity contribution in [3.63, 3.8) is 0 Å². The first kappa shape index (κ1) is 11.4. The molecule has 2 aliphatic rings. The first-order chi connectivity index (χ1) is 7.29. The summed E-state index contributed by atoms with van der Waals surface area (Å²) in [7, 11) is 2.32. The van der Waals surface area contributed by atoms with Crippen LogP contribution in [-0.2, 0) is 0 Å². The third kappa shape index (κ3) is 2.73. The summed E-state index contributed by atoms with van der Waals surface area (Å²) in [4.78, 5) is 2.61. The van der Waals surface area contributed by atoms with Crippen LogP contribution in [0.5, 0.6) is 0 Å². The van der Waals surface area contributed by atoms with Gasteiger partial charge in [-0.1, -0.05) is 13.3 Å². The van der Waals surface area contributed by atoms with E-state index in [9.17, 15) is 0 Å². The lowest BCUT2D eigenvalue weighted by atomic mass is 9.78. The van der Waals surface area contributed by atoms with E-state index in [2.05, 4.69) is 24.2 Å². The summed E-state index contributed by atoms with van der Waals surface area (Å²) in [6, 6.07) is 0.863. The predicted molar refractivity (Wildman–Crippen MR) is 65.0 cm³/mol. The van der Waals surface area contributed by atoms with Gasteiger partial charge >= 0.3 is 0 Å². The molecular weight excluding hydrogens is 184 g/mol. The van der Waals surface area contributed by atoms with Crippen LogP contribution >= 0.6 is 0 Å². The Labute approximate surface area is 94.4 Å². The van der Waals surface area contributed by atoms with Gasteiger partial charge in [-0.3, -0.25) is 0 Å². The van der Waals surface area contributed by atoms with Crippen molar-refractivity contribution in [1.29, 1.82) is 0 Å². The lowest BCUT2D eigenvalue weighted by molar-refractivity contribution is 0.0926. The molecule has 2 rings (SSSR count). The molecule has 0 aromatic heterocycles. The van der Waals surface area contributed by atoms with Gasteiger partial charge in [0.05, 0.1) is 0 Å². The van der Waals surface area contributed by atoms with E-state index in [4.69, 9.17) is 0 Å². The largest absolute Gasteiger partial charge is 0.317 e. The lowest BCUT2D eigenvalue weighted by Crippen LogP contribution is -2.45. The highest BCUT2D eigenvalue weighted by molar-refractivity contribution is 4.85. The van der Waals surface area contributed by atoms with Crippen molar-refractivity contribution in [3.8, 4) is 0 Å². The molecule has 2 heteroatoms. The van der Waals surface area contributed by atoms with Gasteiger partial charge in [0.2, 0.25) is 0 Å². The van der Waals surface area contributed by atoms with E-state index in [1.165, 1.54) is 51.7 Å². The van der Waals surface area contributed by atoms with Crippen molar-refractivity contribution in [2.45, 2.75) is 45.1 Å². The van der Waals surface area contributed by atoms with Crippen molar-refractivity contribution in [2.75, 3.05) is 26.7 Å². The molecule has 0 aromatic rings. The molecule has 1 N–H and O–H groups in total. The summed E-state index contributed by atoms with van der Waals surface area (Å²) in [5.41, 5.74) is 0. The molecule has 0 saturated carbocycles. The number of piperidine rings is 2. The second-order valence-corrected chi connectivity index (χ2v) is 5.49. The lowest BCUT2D eigenvalue weighted by Gasteiger charge is -2.41. The molecule has 15 heavy (non-hydrogen) atoms. The van der Waals surface area contributed by atoms with Crippen LogP contribution < -0.4 is 5.32 Å². The standard InChI is InChI=1S/C13H26N2/c1-11(12-6-8-14-9-7-12)13-5-3-4-10-15(13)2/h11-14H,3-10H2,1-2H3. The molecule has 0 radical (unpaired) electrons. The molecule has 0 spiro atoms. The van der Waals surface area contributed by atoms with Crippen LogP contribution in [0.2, 0.25) is 0 Å². The Morgan fingerprint density at radius 2 is 1.87 bits per heavy atom. The van der Waals surface area contributed by atoms with Crippen LogP contribution in [-0.4, -0.2) is 37.6 Å². The van der Waals surface area contributed by atoms with Gasteiger partial charge in [0.1, 0.15) is 0 Å². The third-order valence-electron chi connectivity index (χ3n) is 4.56. The first-order valence-corrected chi connectivity index (χ1v) is 6.70. The first-order valence-electron chi connectivity index (χ1n) is 6.70. The zero-order chi connectivity index (χ0) is 10.7. The van der Waals surface area contributed by atoms with Gasteiger partial charge < -0.3 is 10.2 Å². The smallest absolute Gasteiger partial charge is 0.0120 e. The minimum atomic E-state index is 0.863. The maximum atomic E-state index is 3.47. The van der Waals surface area contributed by atoms with Crippen molar-refractivity contribution in [3.05, 3.63) is 0 Å². The number of hydrogen-bond acceptors (Lipinski definition) is 2. The fourth-order valence-corrected chi connectivity index (χ4v) is 3.45. The Kier molecular flexibility index (Phi) is 4.04. The van der Waals surface area contributed by atoms with Crippen molar-refractivity contribution in [1.82, 2.24) is 10.2 Å². The molecule has 88 valence electrons. The zero-order valence-electron chi connectivity index (χ0n) is 10.3. The Morgan fingerprint density at radius 3 is 2.53 bits per heavy atom. The number of hydrogen-bond donors (Lipinski definition) is 1. The van der Waals surface area contributed by atoms with Gasteiger partial charge in [-0.2, -0.15) is 0 Å². The molecule has 0 amide bonds. The maximum absolute atomic E-state index is 3.47. The van der Waals surface area contributed by atoms with Gasteiger partial charge in [-0.05, 0) is 64.2 Å². The van der Waals surface area contributed by atoms with Gasteiger partial charge in [0.25, 0.3) is 0 Å². The summed E-state index contributed by atoms with van der Waals surface area (Å²) in [5, 5.41) is 3.47. The normalized spacial score (nSPS) is 32.8. The van der Waals surface area contributed by atoms with E-state index >= 15 is 0 Å². The molecule has 0 bridgehead atoms. The summed E-state index contributed by atoms with van der Waals surface area (Å²) in [6.07, 6.45) is 7.08. The second-order valence-electron chi connectivity index (χ2n) is 5.49. The highest BCUT2D eigenvalue weighted by atomic mass is 15.1. The monoisotopic (exact) mass is 210 g/mol. The Bertz CT molecular complexity index is 187. The van der Waals surface area contributed by atoms with Crippen molar-refractivity contribution < 1.29 is 0 Å². The Balaban J connectivity index is 1.89. The highest BCUT2D eigenvalue weighted by Gasteiger charge is 2.30. The molecule has 0 aromatic carbocycles. The van der Waals surface area contributed by atoms with Crippen LogP contribution in [0.1, 0.15) is 39.0 Å². The summed E-state index contributed by atoms with van der Waals surface area (Å²) >= 11 is 0. The predicted octanol–water partition coefficient (Wildman–Crippen LogP) is 2.11. The second kappa shape index (κ2) is 5.31. The fraction of sp³-hybridized carbons (Fsp3) is 1.00. The SMILES string of the molecule is CC(C1CCNCC1)C1CCCCN1C. The Morgan fingerprint density at radius 1 is 1.13 bits per heavy atom. The van der Waals surface area contributed by atoms with Crippen LogP contribution in [0.4, 0.5) is 0 Å². The summed E-state index contributed by atoms with van der Waals surface area (Å²) < 4.78 is 0. The molecule has 2 aliphatic heterocycles. The summed E-state index contributed by atoms with van der Waals surface area (Å²) in [6.45, 7) is 6.29. The topological polar surface area (TPSA) is 15.3 Å². The van der Waals surface area contributed by atoms with Crippen molar-refractivity contribution in [2.24, 2.45) is 11.8 Å². The minimum absolute atomic E-state index is 0.863. The number of nitrogens with one attached hydrogen (secondary N) is 1. The molecule has 2 saturated heterocycles. The third-order valence-corrected chi connectivity index (χ3v) is 4.56. The van der Waals surface area contributed by atoms with E-state index in [0.717, 1.165) is 17.9 Å². The molecule has 2 fully saturated rings. The molecule has 2 unspecified atom stereocenters. The molecule has 2 atom stereocenters. The average Bonchev–Trinajstić information content (AvgIpc) is 2.30. The van der Waals surface area contributed by atoms with Crippen LogP contribution in [0.15, 0.2) is 0 Å². The van der Waals surface area contributed by atoms with Gasteiger partial charge in [-0.15, -0.1) is 0 Å². The average molecular weight is 210 g/mol. The fourth-order valence-electron chi connectivity index (χ4n) is 3.45. The zero-order valence-corrected chi connectivity index (χ0v) is 10.3. The van der Waals surface area contributed by atoms with Gasteiger partial charge in [0, 0.05) is 6.04 Å². The number of nitrogens with zero attached hydrogens (tertiary/aromatic N) is 1. The molecule has 2 heterocycles. The van der Waals surface area contributed by atoms with Crippen LogP contribution in [0, 0.1) is 11.8 Å². The van der Waals surface area contributed by atoms with E-state index in [1.807, 2.05) is 0 Å². The minimum Gasteiger partial charge on any atom is -0.317 e. The van der Waals surface area contributed by atoms with Gasteiger partial charge in [0.15, 0.2) is 0 Å². The summed E-state index contributed by atoms with van der Waals surface area (Å²) in [5.74, 6) is 1.87. The quantitative estimate of drug-likeness (QED) is 0.751. The Hall–Kier alpha value is -0.0800.